The number of aryl methyl sites for hydroxylation is 1. The molecular weight excluding hydrogens is 454 g/mol. The van der Waals surface area contributed by atoms with Crippen LogP contribution < -0.4 is 10.1 Å². The summed E-state index contributed by atoms with van der Waals surface area (Å²) in [6, 6.07) is 12.5. The van der Waals surface area contributed by atoms with Crippen LogP contribution in [0.15, 0.2) is 53.0 Å². The summed E-state index contributed by atoms with van der Waals surface area (Å²) in [7, 11) is 0. The quantitative estimate of drug-likeness (QED) is 0.325. The highest BCUT2D eigenvalue weighted by molar-refractivity contribution is 9.10. The number of amides is 1. The smallest absolute Gasteiger partial charge is 0.266 e. The first-order valence-electron chi connectivity index (χ1n) is 8.52. The van der Waals surface area contributed by atoms with E-state index in [0.29, 0.717) is 32.9 Å². The van der Waals surface area contributed by atoms with Crippen LogP contribution in [0, 0.1) is 29.6 Å². The van der Waals surface area contributed by atoms with E-state index in [0.717, 1.165) is 11.1 Å². The molecule has 0 aliphatic rings. The van der Waals surface area contributed by atoms with Crippen LogP contribution in [0.4, 0.5) is 5.69 Å². The van der Waals surface area contributed by atoms with Gasteiger partial charge in [-0.2, -0.15) is 10.5 Å². The van der Waals surface area contributed by atoms with Crippen molar-refractivity contribution in [3.63, 3.8) is 0 Å². The molecule has 0 aliphatic heterocycles. The lowest BCUT2D eigenvalue weighted by molar-refractivity contribution is -0.112. The van der Waals surface area contributed by atoms with E-state index in [-0.39, 0.29) is 12.2 Å². The van der Waals surface area contributed by atoms with Gasteiger partial charge < -0.3 is 10.1 Å². The summed E-state index contributed by atoms with van der Waals surface area (Å²) in [5.41, 5.74) is 2.73. The van der Waals surface area contributed by atoms with Crippen molar-refractivity contribution >= 4 is 45.2 Å². The molecule has 0 spiro atoms. The highest BCUT2D eigenvalue weighted by Crippen LogP contribution is 2.32. The molecule has 7 heteroatoms. The molecule has 146 valence electrons. The second-order valence-corrected chi connectivity index (χ2v) is 7.28. The van der Waals surface area contributed by atoms with Crippen molar-refractivity contribution in [1.29, 1.82) is 10.5 Å². The highest BCUT2D eigenvalue weighted by Gasteiger charge is 2.13. The van der Waals surface area contributed by atoms with Gasteiger partial charge in [0.2, 0.25) is 0 Å². The van der Waals surface area contributed by atoms with E-state index >= 15 is 0 Å². The van der Waals surface area contributed by atoms with E-state index < -0.39 is 5.91 Å². The molecule has 2 rings (SSSR count). The summed E-state index contributed by atoms with van der Waals surface area (Å²) in [5.74, 6) is -0.0144. The van der Waals surface area contributed by atoms with Crippen LogP contribution in [0.25, 0.3) is 6.08 Å². The maximum atomic E-state index is 12.5. The number of ether oxygens (including phenoxy) is 1. The molecule has 0 saturated heterocycles. The second-order valence-electron chi connectivity index (χ2n) is 6.02. The zero-order valence-electron chi connectivity index (χ0n) is 15.6. The van der Waals surface area contributed by atoms with Crippen molar-refractivity contribution < 1.29 is 9.53 Å². The average molecular weight is 471 g/mol. The Hall–Kier alpha value is -3.06. The van der Waals surface area contributed by atoms with Crippen LogP contribution in [0.5, 0.6) is 5.75 Å². The Morgan fingerprint density at radius 3 is 2.72 bits per heavy atom. The SMILES string of the molecule is C=CCc1cc(/C=C(/C#N)C(=O)Nc2ccc(C)c(Cl)c2)cc(Br)c1OCC#N. The summed E-state index contributed by atoms with van der Waals surface area (Å²) in [4.78, 5) is 12.5. The molecule has 5 nitrogen and oxygen atoms in total. The first kappa shape index (κ1) is 22.2. The van der Waals surface area contributed by atoms with E-state index in [9.17, 15) is 10.1 Å². The van der Waals surface area contributed by atoms with Crippen LogP contribution in [-0.4, -0.2) is 12.5 Å². The van der Waals surface area contributed by atoms with Crippen molar-refractivity contribution in [3.05, 3.63) is 74.7 Å². The van der Waals surface area contributed by atoms with E-state index in [1.165, 1.54) is 6.08 Å². The Morgan fingerprint density at radius 2 is 2.10 bits per heavy atom. The summed E-state index contributed by atoms with van der Waals surface area (Å²) in [6.45, 7) is 5.49. The van der Waals surface area contributed by atoms with Gasteiger partial charge in [-0.3, -0.25) is 4.79 Å². The third kappa shape index (κ3) is 5.96. The molecular formula is C22H17BrClN3O2. The van der Waals surface area contributed by atoms with Crippen molar-refractivity contribution in [1.82, 2.24) is 0 Å². The number of halogens is 2. The molecule has 0 saturated carbocycles. The molecule has 0 atom stereocenters. The monoisotopic (exact) mass is 469 g/mol. The van der Waals surface area contributed by atoms with Crippen molar-refractivity contribution in [2.24, 2.45) is 0 Å². The number of benzene rings is 2. The van der Waals surface area contributed by atoms with Gasteiger partial charge in [0.15, 0.2) is 6.61 Å². The van der Waals surface area contributed by atoms with E-state index in [4.69, 9.17) is 21.6 Å². The number of rotatable bonds is 7. The fourth-order valence-corrected chi connectivity index (χ4v) is 3.33. The molecule has 2 aromatic carbocycles. The molecule has 0 fully saturated rings. The number of nitrogens with zero attached hydrogens (tertiary/aromatic N) is 2. The highest BCUT2D eigenvalue weighted by atomic mass is 79.9. The Bertz CT molecular complexity index is 1060. The van der Waals surface area contributed by atoms with E-state index in [1.54, 1.807) is 36.4 Å². The zero-order chi connectivity index (χ0) is 21.4. The average Bonchev–Trinajstić information content (AvgIpc) is 2.68. The normalized spacial score (nSPS) is 10.6. The first-order valence-corrected chi connectivity index (χ1v) is 9.69. The fourth-order valence-electron chi connectivity index (χ4n) is 2.51. The van der Waals surface area contributed by atoms with Crippen LogP contribution in [-0.2, 0) is 11.2 Å². The topological polar surface area (TPSA) is 85.9 Å². The lowest BCUT2D eigenvalue weighted by Gasteiger charge is -2.12. The maximum Gasteiger partial charge on any atom is 0.266 e. The molecule has 0 radical (unpaired) electrons. The molecule has 0 aromatic heterocycles. The second kappa shape index (κ2) is 10.5. The Morgan fingerprint density at radius 1 is 1.34 bits per heavy atom. The first-order chi connectivity index (χ1) is 13.9. The van der Waals surface area contributed by atoms with E-state index in [1.807, 2.05) is 19.1 Å². The van der Waals surface area contributed by atoms with Gasteiger partial charge in [0, 0.05) is 10.7 Å². The van der Waals surface area contributed by atoms with Crippen molar-refractivity contribution in [3.8, 4) is 17.9 Å². The van der Waals surface area contributed by atoms with Crippen LogP contribution in [0.2, 0.25) is 5.02 Å². The fraction of sp³-hybridized carbons (Fsp3) is 0.136. The standard InChI is InChI=1S/C22H17BrClN3O2/c1-3-4-16-9-15(11-19(23)21(16)29-8-7-25)10-17(13-26)22(28)27-18-6-5-14(2)20(24)12-18/h3,5-6,9-12H,1,4,8H2,2H3,(H,27,28)/b17-10-. The van der Waals surface area contributed by atoms with E-state index in [2.05, 4.69) is 27.8 Å². The molecule has 0 heterocycles. The van der Waals surface area contributed by atoms with Crippen LogP contribution in [0.3, 0.4) is 0 Å². The number of carbonyl (C=O) groups is 1. The minimum absolute atomic E-state index is 0.0659. The third-order valence-electron chi connectivity index (χ3n) is 3.89. The molecule has 29 heavy (non-hydrogen) atoms. The number of anilines is 1. The largest absolute Gasteiger partial charge is 0.477 e. The number of allylic oxidation sites excluding steroid dienone is 1. The van der Waals surface area contributed by atoms with Crippen molar-refractivity contribution in [2.45, 2.75) is 13.3 Å². The minimum Gasteiger partial charge on any atom is -0.477 e. The molecule has 1 N–H and O–H groups in total. The molecule has 2 aromatic rings. The number of nitriles is 2. The summed E-state index contributed by atoms with van der Waals surface area (Å²) >= 11 is 9.50. The number of nitrogens with one attached hydrogen (secondary N) is 1. The van der Waals surface area contributed by atoms with Crippen LogP contribution in [0.1, 0.15) is 16.7 Å². The molecule has 1 amide bonds. The summed E-state index contributed by atoms with van der Waals surface area (Å²) in [6.07, 6.45) is 3.68. The predicted octanol–water partition coefficient (Wildman–Crippen LogP) is 5.59. The molecule has 0 bridgehead atoms. The number of hydrogen-bond acceptors (Lipinski definition) is 4. The molecule has 0 aliphatic carbocycles. The zero-order valence-corrected chi connectivity index (χ0v) is 18.0. The predicted molar refractivity (Wildman–Crippen MR) is 118 cm³/mol. The van der Waals surface area contributed by atoms with Gasteiger partial charge in [0.05, 0.1) is 4.47 Å². The van der Waals surface area contributed by atoms with Gasteiger partial charge in [-0.1, -0.05) is 23.7 Å². The minimum atomic E-state index is -0.543. The van der Waals surface area contributed by atoms with Gasteiger partial charge >= 0.3 is 0 Å². The number of hydrogen-bond donors (Lipinski definition) is 1. The van der Waals surface area contributed by atoms with Gasteiger partial charge in [0.1, 0.15) is 23.5 Å². The summed E-state index contributed by atoms with van der Waals surface area (Å²) in [5, 5.41) is 21.4. The molecule has 0 unspecified atom stereocenters. The Kier molecular flexibility index (Phi) is 8.03. The van der Waals surface area contributed by atoms with Gasteiger partial charge in [-0.05, 0) is 76.3 Å². The third-order valence-corrected chi connectivity index (χ3v) is 4.89. The number of carbonyl (C=O) groups excluding carboxylic acids is 1. The lowest BCUT2D eigenvalue weighted by atomic mass is 10.0. The van der Waals surface area contributed by atoms with Crippen molar-refractivity contribution in [2.75, 3.05) is 11.9 Å². The maximum absolute atomic E-state index is 12.5. The van der Waals surface area contributed by atoms with Crippen LogP contribution >= 0.6 is 27.5 Å². The summed E-state index contributed by atoms with van der Waals surface area (Å²) < 4.78 is 6.08. The lowest BCUT2D eigenvalue weighted by Crippen LogP contribution is -2.13. The van der Waals surface area contributed by atoms with Gasteiger partial charge in [-0.25, -0.2) is 0 Å². The van der Waals surface area contributed by atoms with Gasteiger partial charge in [-0.15, -0.1) is 6.58 Å². The van der Waals surface area contributed by atoms with Gasteiger partial charge in [0.25, 0.3) is 5.91 Å². The Labute approximate surface area is 183 Å². The Balaban J connectivity index is 2.34.